The average Bonchev–Trinajstić information content (AvgIpc) is 2.60. The maximum absolute atomic E-state index is 6.07. The van der Waals surface area contributed by atoms with Gasteiger partial charge in [-0.3, -0.25) is 4.99 Å². The van der Waals surface area contributed by atoms with E-state index in [-0.39, 0.29) is 24.0 Å². The molecular weight excluding hydrogens is 417 g/mol. The molecule has 0 bridgehead atoms. The number of nitrogens with two attached hydrogens (primary N) is 1. The number of halogens is 1. The first-order valence-corrected chi connectivity index (χ1v) is 8.59. The smallest absolute Gasteiger partial charge is 0.191 e. The number of rotatable bonds is 7. The lowest BCUT2D eigenvalue weighted by atomic mass is 10.1. The number of ether oxygens (including phenoxy) is 2. The van der Waals surface area contributed by atoms with Gasteiger partial charge in [-0.2, -0.15) is 0 Å². The van der Waals surface area contributed by atoms with Crippen molar-refractivity contribution in [2.24, 2.45) is 10.7 Å². The minimum atomic E-state index is 0. The summed E-state index contributed by atoms with van der Waals surface area (Å²) in [5.41, 5.74) is 7.31. The molecule has 1 aromatic rings. The zero-order chi connectivity index (χ0) is 16.5. The maximum Gasteiger partial charge on any atom is 0.191 e. The van der Waals surface area contributed by atoms with Crippen LogP contribution in [0.25, 0.3) is 0 Å². The molecule has 1 aliphatic heterocycles. The van der Waals surface area contributed by atoms with Crippen molar-refractivity contribution in [3.8, 4) is 11.5 Å². The van der Waals surface area contributed by atoms with E-state index < -0.39 is 0 Å². The summed E-state index contributed by atoms with van der Waals surface area (Å²) in [4.78, 5) is 6.72. The number of hydrogen-bond donors (Lipinski definition) is 1. The number of aliphatic imine (C=N–C) groups is 1. The summed E-state index contributed by atoms with van der Waals surface area (Å²) in [5.74, 6) is 2.29. The molecule has 0 aliphatic carbocycles. The van der Waals surface area contributed by atoms with E-state index in [2.05, 4.69) is 22.0 Å². The SMILES string of the molecule is CCOc1cc(CCCN=C(N)N2CCCCC2)ccc1OC.I. The third-order valence-corrected chi connectivity index (χ3v) is 4.11. The molecule has 0 radical (unpaired) electrons. The Kier molecular flexibility index (Phi) is 9.90. The van der Waals surface area contributed by atoms with Gasteiger partial charge >= 0.3 is 0 Å². The molecule has 24 heavy (non-hydrogen) atoms. The molecule has 0 aromatic heterocycles. The zero-order valence-electron chi connectivity index (χ0n) is 14.8. The normalized spacial score (nSPS) is 14.9. The van der Waals surface area contributed by atoms with Crippen molar-refractivity contribution in [3.05, 3.63) is 23.8 Å². The molecule has 136 valence electrons. The van der Waals surface area contributed by atoms with Crippen LogP contribution in [0.2, 0.25) is 0 Å². The van der Waals surface area contributed by atoms with Crippen molar-refractivity contribution in [2.45, 2.75) is 39.0 Å². The maximum atomic E-state index is 6.07. The van der Waals surface area contributed by atoms with Gasteiger partial charge in [0.25, 0.3) is 0 Å². The topological polar surface area (TPSA) is 60.1 Å². The van der Waals surface area contributed by atoms with Gasteiger partial charge in [0, 0.05) is 19.6 Å². The number of likely N-dealkylation sites (tertiary alicyclic amines) is 1. The van der Waals surface area contributed by atoms with Gasteiger partial charge in [0.1, 0.15) is 0 Å². The first kappa shape index (κ1) is 20.9. The van der Waals surface area contributed by atoms with Gasteiger partial charge < -0.3 is 20.1 Å². The second-order valence-corrected chi connectivity index (χ2v) is 5.81. The van der Waals surface area contributed by atoms with Crippen LogP contribution >= 0.6 is 24.0 Å². The molecule has 1 saturated heterocycles. The van der Waals surface area contributed by atoms with Gasteiger partial charge in [-0.25, -0.2) is 0 Å². The van der Waals surface area contributed by atoms with Gasteiger partial charge in [0.15, 0.2) is 17.5 Å². The van der Waals surface area contributed by atoms with E-state index in [1.165, 1.54) is 24.8 Å². The summed E-state index contributed by atoms with van der Waals surface area (Å²) in [6.45, 7) is 5.47. The van der Waals surface area contributed by atoms with Crippen LogP contribution in [0.1, 0.15) is 38.2 Å². The van der Waals surface area contributed by atoms with E-state index in [1.54, 1.807) is 7.11 Å². The highest BCUT2D eigenvalue weighted by Crippen LogP contribution is 2.28. The number of piperidine rings is 1. The number of guanidine groups is 1. The molecule has 1 fully saturated rings. The Labute approximate surface area is 162 Å². The van der Waals surface area contributed by atoms with E-state index in [4.69, 9.17) is 15.2 Å². The van der Waals surface area contributed by atoms with Crippen molar-refractivity contribution >= 4 is 29.9 Å². The predicted molar refractivity (Wildman–Crippen MR) is 110 cm³/mol. The number of methoxy groups -OCH3 is 1. The fraction of sp³-hybridized carbons (Fsp3) is 0.611. The average molecular weight is 447 g/mol. The van der Waals surface area contributed by atoms with E-state index in [1.807, 2.05) is 13.0 Å². The summed E-state index contributed by atoms with van der Waals surface area (Å²) < 4.78 is 10.9. The van der Waals surface area contributed by atoms with Crippen LogP contribution in [0.3, 0.4) is 0 Å². The summed E-state index contributed by atoms with van der Waals surface area (Å²) in [6, 6.07) is 6.10. The zero-order valence-corrected chi connectivity index (χ0v) is 17.1. The number of benzene rings is 1. The molecule has 1 aromatic carbocycles. The first-order chi connectivity index (χ1) is 11.2. The fourth-order valence-corrected chi connectivity index (χ4v) is 2.84. The van der Waals surface area contributed by atoms with Crippen LogP contribution in [-0.2, 0) is 6.42 Å². The van der Waals surface area contributed by atoms with Crippen molar-refractivity contribution in [1.82, 2.24) is 4.90 Å². The first-order valence-electron chi connectivity index (χ1n) is 8.59. The Morgan fingerprint density at radius 3 is 2.62 bits per heavy atom. The molecule has 0 saturated carbocycles. The number of nitrogens with zero attached hydrogens (tertiary/aromatic N) is 2. The van der Waals surface area contributed by atoms with E-state index in [0.717, 1.165) is 44.0 Å². The Hall–Kier alpha value is -1.18. The highest BCUT2D eigenvalue weighted by molar-refractivity contribution is 14.0. The van der Waals surface area contributed by atoms with Crippen LogP contribution in [0.4, 0.5) is 0 Å². The van der Waals surface area contributed by atoms with Gasteiger partial charge in [-0.15, -0.1) is 24.0 Å². The lowest BCUT2D eigenvalue weighted by Crippen LogP contribution is -2.40. The summed E-state index contributed by atoms with van der Waals surface area (Å²) in [7, 11) is 1.66. The molecule has 0 atom stereocenters. The molecule has 1 heterocycles. The number of hydrogen-bond acceptors (Lipinski definition) is 3. The summed E-state index contributed by atoms with van der Waals surface area (Å²) >= 11 is 0. The second-order valence-electron chi connectivity index (χ2n) is 5.81. The molecule has 2 rings (SSSR count). The van der Waals surface area contributed by atoms with Gasteiger partial charge in [-0.1, -0.05) is 6.07 Å². The Balaban J connectivity index is 0.00000288. The van der Waals surface area contributed by atoms with Gasteiger partial charge in [0.05, 0.1) is 13.7 Å². The lowest BCUT2D eigenvalue weighted by Gasteiger charge is -2.27. The molecule has 1 aliphatic rings. The Morgan fingerprint density at radius 2 is 1.96 bits per heavy atom. The predicted octanol–water partition coefficient (Wildman–Crippen LogP) is 3.45. The Morgan fingerprint density at radius 1 is 1.21 bits per heavy atom. The minimum Gasteiger partial charge on any atom is -0.493 e. The van der Waals surface area contributed by atoms with Crippen LogP contribution < -0.4 is 15.2 Å². The number of aryl methyl sites for hydroxylation is 1. The van der Waals surface area contributed by atoms with Crippen molar-refractivity contribution in [2.75, 3.05) is 33.4 Å². The molecule has 6 heteroatoms. The molecular formula is C18H30IN3O2. The van der Waals surface area contributed by atoms with Crippen LogP contribution in [-0.4, -0.2) is 44.2 Å². The highest BCUT2D eigenvalue weighted by Gasteiger charge is 2.11. The largest absolute Gasteiger partial charge is 0.493 e. The van der Waals surface area contributed by atoms with Crippen LogP contribution in [0, 0.1) is 0 Å². The summed E-state index contributed by atoms with van der Waals surface area (Å²) in [5, 5.41) is 0. The van der Waals surface area contributed by atoms with Crippen LogP contribution in [0.5, 0.6) is 11.5 Å². The van der Waals surface area contributed by atoms with Gasteiger partial charge in [0.2, 0.25) is 0 Å². The van der Waals surface area contributed by atoms with Crippen molar-refractivity contribution in [3.63, 3.8) is 0 Å². The van der Waals surface area contributed by atoms with Gasteiger partial charge in [-0.05, 0) is 56.7 Å². The van der Waals surface area contributed by atoms with Crippen molar-refractivity contribution in [1.29, 1.82) is 0 Å². The third-order valence-electron chi connectivity index (χ3n) is 4.11. The lowest BCUT2D eigenvalue weighted by molar-refractivity contribution is 0.310. The molecule has 2 N–H and O–H groups in total. The Bertz CT molecular complexity index is 517. The van der Waals surface area contributed by atoms with Crippen LogP contribution in [0.15, 0.2) is 23.2 Å². The quantitative estimate of drug-likeness (QED) is 0.301. The molecule has 0 unspecified atom stereocenters. The fourth-order valence-electron chi connectivity index (χ4n) is 2.84. The standard InChI is InChI=1S/C18H29N3O2.HI/c1-3-23-17-14-15(9-10-16(17)22-2)8-7-11-20-18(19)21-12-5-4-6-13-21;/h9-10,14H,3-8,11-13H2,1-2H3,(H2,19,20);1H. The highest BCUT2D eigenvalue weighted by atomic mass is 127. The van der Waals surface area contributed by atoms with E-state index >= 15 is 0 Å². The van der Waals surface area contributed by atoms with E-state index in [9.17, 15) is 0 Å². The van der Waals surface area contributed by atoms with E-state index in [0.29, 0.717) is 12.6 Å². The molecule has 5 nitrogen and oxygen atoms in total. The summed E-state index contributed by atoms with van der Waals surface area (Å²) in [6.07, 6.45) is 5.70. The minimum absolute atomic E-state index is 0. The monoisotopic (exact) mass is 447 g/mol. The molecule has 0 amide bonds. The molecule has 0 spiro atoms. The second kappa shape index (κ2) is 11.4. The van der Waals surface area contributed by atoms with Crippen molar-refractivity contribution < 1.29 is 9.47 Å². The third kappa shape index (κ3) is 6.37.